The first kappa shape index (κ1) is 13.6. The summed E-state index contributed by atoms with van der Waals surface area (Å²) in [6.45, 7) is 8.11. The normalized spacial score (nSPS) is 12.5. The van der Waals surface area contributed by atoms with Gasteiger partial charge in [-0.3, -0.25) is 4.79 Å². The second-order valence-electron chi connectivity index (χ2n) is 5.02. The summed E-state index contributed by atoms with van der Waals surface area (Å²) in [6.07, 6.45) is 0.929. The zero-order chi connectivity index (χ0) is 13.0. The summed E-state index contributed by atoms with van der Waals surface area (Å²) in [7, 11) is 0. The quantitative estimate of drug-likeness (QED) is 0.843. The lowest BCUT2D eigenvalue weighted by Crippen LogP contribution is -2.33. The Morgan fingerprint density at radius 3 is 2.59 bits per heavy atom. The molecule has 3 nitrogen and oxygen atoms in total. The number of hydrogen-bond donors (Lipinski definition) is 2. The van der Waals surface area contributed by atoms with Gasteiger partial charge < -0.3 is 10.4 Å². The minimum absolute atomic E-state index is 0.0323. The fourth-order valence-corrected chi connectivity index (χ4v) is 1.90. The van der Waals surface area contributed by atoms with Crippen molar-refractivity contribution < 1.29 is 9.90 Å². The zero-order valence-electron chi connectivity index (χ0n) is 10.9. The number of benzene rings is 1. The van der Waals surface area contributed by atoms with Crippen molar-refractivity contribution in [3.63, 3.8) is 0 Å². The van der Waals surface area contributed by atoms with Crippen LogP contribution in [0.3, 0.4) is 0 Å². The van der Waals surface area contributed by atoms with Crippen LogP contribution < -0.4 is 5.32 Å². The fourth-order valence-electron chi connectivity index (χ4n) is 1.90. The summed E-state index contributed by atoms with van der Waals surface area (Å²) in [5, 5.41) is 12.5. The second-order valence-corrected chi connectivity index (χ2v) is 5.02. The molecule has 0 aromatic heterocycles. The van der Waals surface area contributed by atoms with Crippen LogP contribution in [0.2, 0.25) is 0 Å². The minimum atomic E-state index is -0.209. The maximum absolute atomic E-state index is 11.9. The Morgan fingerprint density at radius 2 is 2.00 bits per heavy atom. The van der Waals surface area contributed by atoms with E-state index in [0.717, 1.165) is 12.0 Å². The van der Waals surface area contributed by atoms with Crippen LogP contribution >= 0.6 is 0 Å². The maximum Gasteiger partial charge on any atom is 0.255 e. The molecule has 0 radical (unpaired) electrons. The summed E-state index contributed by atoms with van der Waals surface area (Å²) < 4.78 is 0. The summed E-state index contributed by atoms with van der Waals surface area (Å²) in [5.74, 6) is 0.362. The first-order chi connectivity index (χ1) is 7.90. The fraction of sp³-hybridized carbons (Fsp3) is 0.500. The molecule has 0 saturated carbocycles. The molecule has 17 heavy (non-hydrogen) atoms. The van der Waals surface area contributed by atoms with E-state index >= 15 is 0 Å². The topological polar surface area (TPSA) is 49.3 Å². The Bertz CT molecular complexity index is 399. The van der Waals surface area contributed by atoms with E-state index < -0.39 is 0 Å². The maximum atomic E-state index is 11.9. The van der Waals surface area contributed by atoms with Crippen LogP contribution in [0.25, 0.3) is 0 Å². The smallest absolute Gasteiger partial charge is 0.255 e. The van der Waals surface area contributed by atoms with E-state index in [4.69, 9.17) is 0 Å². The standard InChI is InChI=1S/C14H21NO2/c1-9(2)7-11(4)15-14(17)12-8-10(3)5-6-13(12)16/h5-6,8-9,11,16H,7H2,1-4H3,(H,15,17). The molecule has 0 aliphatic rings. The lowest BCUT2D eigenvalue weighted by Gasteiger charge is -2.16. The lowest BCUT2D eigenvalue weighted by atomic mass is 10.0. The molecule has 1 rings (SSSR count). The van der Waals surface area contributed by atoms with Gasteiger partial charge in [0, 0.05) is 6.04 Å². The predicted octanol–water partition coefficient (Wildman–Crippen LogP) is 2.87. The van der Waals surface area contributed by atoms with E-state index in [1.807, 2.05) is 13.8 Å². The number of phenolic OH excluding ortho intramolecular Hbond substituents is 1. The largest absolute Gasteiger partial charge is 0.507 e. The van der Waals surface area contributed by atoms with Gasteiger partial charge in [-0.05, 0) is 38.3 Å². The number of hydrogen-bond acceptors (Lipinski definition) is 2. The van der Waals surface area contributed by atoms with Crippen LogP contribution in [0, 0.1) is 12.8 Å². The van der Waals surface area contributed by atoms with E-state index in [2.05, 4.69) is 19.2 Å². The Kier molecular flexibility index (Phi) is 4.55. The Hall–Kier alpha value is -1.51. The van der Waals surface area contributed by atoms with Crippen LogP contribution in [-0.2, 0) is 0 Å². The average Bonchev–Trinajstić information content (AvgIpc) is 2.20. The Labute approximate surface area is 103 Å². The molecule has 1 atom stereocenters. The van der Waals surface area contributed by atoms with E-state index in [1.165, 1.54) is 0 Å². The molecule has 1 unspecified atom stereocenters. The number of phenols is 1. The van der Waals surface area contributed by atoms with Crippen molar-refractivity contribution in [2.24, 2.45) is 5.92 Å². The monoisotopic (exact) mass is 235 g/mol. The third-order valence-corrected chi connectivity index (χ3v) is 2.60. The number of nitrogens with one attached hydrogen (secondary N) is 1. The highest BCUT2D eigenvalue weighted by Gasteiger charge is 2.14. The van der Waals surface area contributed by atoms with Crippen LogP contribution in [0.5, 0.6) is 5.75 Å². The third-order valence-electron chi connectivity index (χ3n) is 2.60. The average molecular weight is 235 g/mol. The van der Waals surface area contributed by atoms with E-state index in [-0.39, 0.29) is 17.7 Å². The highest BCUT2D eigenvalue weighted by molar-refractivity contribution is 5.97. The van der Waals surface area contributed by atoms with Crippen molar-refractivity contribution in [2.75, 3.05) is 0 Å². The number of aromatic hydroxyl groups is 1. The van der Waals surface area contributed by atoms with Crippen molar-refractivity contribution in [2.45, 2.75) is 40.2 Å². The number of rotatable bonds is 4. The van der Waals surface area contributed by atoms with Gasteiger partial charge in [-0.1, -0.05) is 25.5 Å². The van der Waals surface area contributed by atoms with Gasteiger partial charge in [0.05, 0.1) is 5.56 Å². The Balaban J connectivity index is 2.73. The van der Waals surface area contributed by atoms with Crippen molar-refractivity contribution in [1.82, 2.24) is 5.32 Å². The van der Waals surface area contributed by atoms with Gasteiger partial charge in [0.1, 0.15) is 5.75 Å². The van der Waals surface area contributed by atoms with E-state index in [9.17, 15) is 9.90 Å². The molecule has 0 saturated heterocycles. The van der Waals surface area contributed by atoms with Gasteiger partial charge in [-0.25, -0.2) is 0 Å². The van der Waals surface area contributed by atoms with Gasteiger partial charge in [0.2, 0.25) is 0 Å². The van der Waals surface area contributed by atoms with Gasteiger partial charge in [0.25, 0.3) is 5.91 Å². The molecule has 94 valence electrons. The van der Waals surface area contributed by atoms with Crippen LogP contribution in [-0.4, -0.2) is 17.1 Å². The van der Waals surface area contributed by atoms with Crippen molar-refractivity contribution in [3.8, 4) is 5.75 Å². The molecule has 0 spiro atoms. The number of carbonyl (C=O) groups excluding carboxylic acids is 1. The molecule has 0 aliphatic carbocycles. The Morgan fingerprint density at radius 1 is 1.35 bits per heavy atom. The predicted molar refractivity (Wildman–Crippen MR) is 69.2 cm³/mol. The van der Waals surface area contributed by atoms with Gasteiger partial charge in [-0.2, -0.15) is 0 Å². The molecule has 1 aromatic carbocycles. The molecule has 0 fully saturated rings. The van der Waals surface area contributed by atoms with E-state index in [1.54, 1.807) is 18.2 Å². The first-order valence-corrected chi connectivity index (χ1v) is 6.00. The molecule has 1 aromatic rings. The summed E-state index contributed by atoms with van der Waals surface area (Å²) in [5.41, 5.74) is 1.31. The van der Waals surface area contributed by atoms with Gasteiger partial charge >= 0.3 is 0 Å². The number of aryl methyl sites for hydroxylation is 1. The third kappa shape index (κ3) is 4.10. The van der Waals surface area contributed by atoms with Crippen LogP contribution in [0.15, 0.2) is 18.2 Å². The second kappa shape index (κ2) is 5.71. The van der Waals surface area contributed by atoms with Gasteiger partial charge in [0.15, 0.2) is 0 Å². The molecule has 3 heteroatoms. The molecule has 0 aliphatic heterocycles. The molecular weight excluding hydrogens is 214 g/mol. The molecule has 1 amide bonds. The summed E-state index contributed by atoms with van der Waals surface area (Å²) in [6, 6.07) is 5.15. The first-order valence-electron chi connectivity index (χ1n) is 6.00. The highest BCUT2D eigenvalue weighted by Crippen LogP contribution is 2.18. The van der Waals surface area contributed by atoms with Crippen molar-refractivity contribution in [1.29, 1.82) is 0 Å². The molecule has 2 N–H and O–H groups in total. The summed E-state index contributed by atoms with van der Waals surface area (Å²) in [4.78, 5) is 11.9. The van der Waals surface area contributed by atoms with Crippen LogP contribution in [0.4, 0.5) is 0 Å². The molecular formula is C14H21NO2. The summed E-state index contributed by atoms with van der Waals surface area (Å²) >= 11 is 0. The minimum Gasteiger partial charge on any atom is -0.507 e. The molecule has 0 bridgehead atoms. The van der Waals surface area contributed by atoms with Crippen molar-refractivity contribution >= 4 is 5.91 Å². The molecule has 0 heterocycles. The van der Waals surface area contributed by atoms with E-state index in [0.29, 0.717) is 11.5 Å². The highest BCUT2D eigenvalue weighted by atomic mass is 16.3. The zero-order valence-corrected chi connectivity index (χ0v) is 10.9. The SMILES string of the molecule is Cc1ccc(O)c(C(=O)NC(C)CC(C)C)c1. The lowest BCUT2D eigenvalue weighted by molar-refractivity contribution is 0.0933. The van der Waals surface area contributed by atoms with Gasteiger partial charge in [-0.15, -0.1) is 0 Å². The number of amides is 1. The number of carbonyl (C=O) groups is 1. The van der Waals surface area contributed by atoms with Crippen LogP contribution in [0.1, 0.15) is 43.1 Å². The van der Waals surface area contributed by atoms with Crippen molar-refractivity contribution in [3.05, 3.63) is 29.3 Å².